The second kappa shape index (κ2) is 6.57. The van der Waals surface area contributed by atoms with Gasteiger partial charge in [-0.25, -0.2) is 0 Å². The van der Waals surface area contributed by atoms with Gasteiger partial charge in [-0.1, -0.05) is 42.9 Å². The van der Waals surface area contributed by atoms with Crippen LogP contribution in [0.15, 0.2) is 24.3 Å². The molecule has 1 aromatic carbocycles. The number of carbonyl (C=O) groups is 1. The molecule has 1 aromatic rings. The maximum atomic E-state index is 11.9. The van der Waals surface area contributed by atoms with Crippen LogP contribution in [-0.2, 0) is 0 Å². The van der Waals surface area contributed by atoms with E-state index in [2.05, 4.69) is 5.32 Å². The van der Waals surface area contributed by atoms with Crippen molar-refractivity contribution in [1.29, 1.82) is 0 Å². The molecule has 1 unspecified atom stereocenters. The van der Waals surface area contributed by atoms with Gasteiger partial charge in [0.1, 0.15) is 0 Å². The second-order valence-corrected chi connectivity index (χ2v) is 4.66. The van der Waals surface area contributed by atoms with Crippen LogP contribution in [0, 0.1) is 0 Å². The van der Waals surface area contributed by atoms with Gasteiger partial charge in [-0.3, -0.25) is 4.79 Å². The summed E-state index contributed by atoms with van der Waals surface area (Å²) in [5, 5.41) is 3.30. The minimum Gasteiger partial charge on any atom is -0.393 e. The first-order chi connectivity index (χ1) is 8.04. The number of amides is 1. The van der Waals surface area contributed by atoms with Crippen LogP contribution in [0.3, 0.4) is 0 Å². The number of thiocarbonyl (C=S) groups is 1. The first-order valence-corrected chi connectivity index (χ1v) is 6.17. The third-order valence-electron chi connectivity index (χ3n) is 2.39. The number of nitrogens with one attached hydrogen (secondary N) is 1. The second-order valence-electron chi connectivity index (χ2n) is 3.73. The molecule has 1 atom stereocenters. The molecule has 0 saturated carbocycles. The fourth-order valence-electron chi connectivity index (χ4n) is 1.45. The van der Waals surface area contributed by atoms with Crippen molar-refractivity contribution >= 4 is 34.7 Å². The van der Waals surface area contributed by atoms with Gasteiger partial charge in [-0.2, -0.15) is 0 Å². The minimum absolute atomic E-state index is 0.0451. The normalized spacial score (nSPS) is 11.9. The van der Waals surface area contributed by atoms with Gasteiger partial charge in [0.15, 0.2) is 0 Å². The Balaban J connectivity index is 2.71. The predicted octanol–water partition coefficient (Wildman–Crippen LogP) is 2.52. The zero-order valence-electron chi connectivity index (χ0n) is 9.57. The number of hydrogen-bond donors (Lipinski definition) is 2. The Bertz CT molecular complexity index is 423. The summed E-state index contributed by atoms with van der Waals surface area (Å²) < 4.78 is 0. The van der Waals surface area contributed by atoms with Gasteiger partial charge in [0.25, 0.3) is 5.91 Å². The molecular formula is C12H15ClN2OS. The molecule has 17 heavy (non-hydrogen) atoms. The molecule has 0 aliphatic carbocycles. The van der Waals surface area contributed by atoms with Crippen LogP contribution in [0.2, 0.25) is 5.02 Å². The van der Waals surface area contributed by atoms with Crippen LogP contribution in [0.1, 0.15) is 30.1 Å². The SMILES string of the molecule is CCC(CC(N)=S)NC(=O)c1ccccc1Cl. The lowest BCUT2D eigenvalue weighted by Crippen LogP contribution is -2.37. The summed E-state index contributed by atoms with van der Waals surface area (Å²) in [6.45, 7) is 1.97. The monoisotopic (exact) mass is 270 g/mol. The maximum Gasteiger partial charge on any atom is 0.253 e. The first kappa shape index (κ1) is 13.9. The fraction of sp³-hybridized carbons (Fsp3) is 0.333. The summed E-state index contributed by atoms with van der Waals surface area (Å²) >= 11 is 10.8. The zero-order valence-corrected chi connectivity index (χ0v) is 11.1. The molecule has 0 spiro atoms. The fourth-order valence-corrected chi connectivity index (χ4v) is 1.87. The van der Waals surface area contributed by atoms with Crippen LogP contribution in [0.4, 0.5) is 0 Å². The van der Waals surface area contributed by atoms with Crippen LogP contribution in [-0.4, -0.2) is 16.9 Å². The third-order valence-corrected chi connectivity index (χ3v) is 2.89. The van der Waals surface area contributed by atoms with E-state index in [-0.39, 0.29) is 11.9 Å². The van der Waals surface area contributed by atoms with E-state index in [1.807, 2.05) is 6.92 Å². The van der Waals surface area contributed by atoms with Gasteiger partial charge in [-0.15, -0.1) is 0 Å². The number of hydrogen-bond acceptors (Lipinski definition) is 2. The van der Waals surface area contributed by atoms with Crippen molar-refractivity contribution in [3.63, 3.8) is 0 Å². The summed E-state index contributed by atoms with van der Waals surface area (Å²) in [7, 11) is 0. The van der Waals surface area contributed by atoms with E-state index in [4.69, 9.17) is 29.6 Å². The Morgan fingerprint density at radius 1 is 1.53 bits per heavy atom. The van der Waals surface area contributed by atoms with Crippen molar-refractivity contribution in [2.24, 2.45) is 5.73 Å². The Morgan fingerprint density at radius 3 is 2.71 bits per heavy atom. The smallest absolute Gasteiger partial charge is 0.253 e. The molecule has 5 heteroatoms. The molecule has 0 heterocycles. The Morgan fingerprint density at radius 2 is 2.18 bits per heavy atom. The van der Waals surface area contributed by atoms with Crippen molar-refractivity contribution in [1.82, 2.24) is 5.32 Å². The van der Waals surface area contributed by atoms with Gasteiger partial charge in [-0.05, 0) is 18.6 Å². The van der Waals surface area contributed by atoms with E-state index < -0.39 is 0 Å². The standard InChI is InChI=1S/C12H15ClN2OS/c1-2-8(7-11(14)17)15-12(16)9-5-3-4-6-10(9)13/h3-6,8H,2,7H2,1H3,(H2,14,17)(H,15,16). The molecule has 1 amide bonds. The van der Waals surface area contributed by atoms with Crippen molar-refractivity contribution < 1.29 is 4.79 Å². The first-order valence-electron chi connectivity index (χ1n) is 5.38. The summed E-state index contributed by atoms with van der Waals surface area (Å²) in [4.78, 5) is 12.3. The lowest BCUT2D eigenvalue weighted by atomic mass is 10.1. The van der Waals surface area contributed by atoms with Crippen molar-refractivity contribution in [2.75, 3.05) is 0 Å². The lowest BCUT2D eigenvalue weighted by molar-refractivity contribution is 0.0937. The Hall–Kier alpha value is -1.13. The topological polar surface area (TPSA) is 55.1 Å². The van der Waals surface area contributed by atoms with Gasteiger partial charge >= 0.3 is 0 Å². The number of carbonyl (C=O) groups excluding carboxylic acids is 1. The molecule has 3 nitrogen and oxygen atoms in total. The van der Waals surface area contributed by atoms with E-state index in [1.165, 1.54) is 0 Å². The number of benzene rings is 1. The molecule has 0 fully saturated rings. The lowest BCUT2D eigenvalue weighted by Gasteiger charge is -2.16. The van der Waals surface area contributed by atoms with Crippen molar-refractivity contribution in [3.05, 3.63) is 34.9 Å². The molecule has 0 aromatic heterocycles. The highest BCUT2D eigenvalue weighted by atomic mass is 35.5. The van der Waals surface area contributed by atoms with Gasteiger partial charge in [0, 0.05) is 12.5 Å². The highest BCUT2D eigenvalue weighted by Gasteiger charge is 2.14. The molecule has 0 bridgehead atoms. The number of rotatable bonds is 5. The van der Waals surface area contributed by atoms with Gasteiger partial charge in [0.05, 0.1) is 15.6 Å². The van der Waals surface area contributed by atoms with Crippen LogP contribution in [0.5, 0.6) is 0 Å². The minimum atomic E-state index is -0.196. The number of halogens is 1. The summed E-state index contributed by atoms with van der Waals surface area (Å²) in [6.07, 6.45) is 1.27. The molecule has 0 radical (unpaired) electrons. The largest absolute Gasteiger partial charge is 0.393 e. The zero-order chi connectivity index (χ0) is 12.8. The van der Waals surface area contributed by atoms with Crippen molar-refractivity contribution in [2.45, 2.75) is 25.8 Å². The average Bonchev–Trinajstić information content (AvgIpc) is 2.27. The van der Waals surface area contributed by atoms with Crippen LogP contribution < -0.4 is 11.1 Å². The van der Waals surface area contributed by atoms with Gasteiger partial charge < -0.3 is 11.1 Å². The molecule has 0 saturated heterocycles. The molecular weight excluding hydrogens is 256 g/mol. The molecule has 3 N–H and O–H groups in total. The third kappa shape index (κ3) is 4.32. The van der Waals surface area contributed by atoms with Crippen LogP contribution in [0.25, 0.3) is 0 Å². The van der Waals surface area contributed by atoms with E-state index in [0.29, 0.717) is 22.0 Å². The molecule has 0 aliphatic rings. The number of nitrogens with two attached hydrogens (primary N) is 1. The van der Waals surface area contributed by atoms with E-state index in [1.54, 1.807) is 24.3 Å². The summed E-state index contributed by atoms with van der Waals surface area (Å²) in [6, 6.07) is 6.88. The predicted molar refractivity (Wildman–Crippen MR) is 74.4 cm³/mol. The Labute approximate surface area is 111 Å². The molecule has 92 valence electrons. The highest BCUT2D eigenvalue weighted by molar-refractivity contribution is 7.80. The Kier molecular flexibility index (Phi) is 5.38. The summed E-state index contributed by atoms with van der Waals surface area (Å²) in [5.74, 6) is -0.196. The van der Waals surface area contributed by atoms with Crippen LogP contribution >= 0.6 is 23.8 Å². The highest BCUT2D eigenvalue weighted by Crippen LogP contribution is 2.15. The van der Waals surface area contributed by atoms with E-state index in [0.717, 1.165) is 6.42 Å². The van der Waals surface area contributed by atoms with Crippen molar-refractivity contribution in [3.8, 4) is 0 Å². The summed E-state index contributed by atoms with van der Waals surface area (Å²) in [5.41, 5.74) is 5.94. The van der Waals surface area contributed by atoms with E-state index >= 15 is 0 Å². The maximum absolute atomic E-state index is 11.9. The van der Waals surface area contributed by atoms with Gasteiger partial charge in [0.2, 0.25) is 0 Å². The quantitative estimate of drug-likeness (QED) is 0.809. The molecule has 1 rings (SSSR count). The average molecular weight is 271 g/mol. The van der Waals surface area contributed by atoms with E-state index in [9.17, 15) is 4.79 Å². The molecule has 0 aliphatic heterocycles.